The van der Waals surface area contributed by atoms with E-state index in [4.69, 9.17) is 9.51 Å². The second-order valence-electron chi connectivity index (χ2n) is 9.24. The Hall–Kier alpha value is -4.20. The monoisotopic (exact) mass is 466 g/mol. The third kappa shape index (κ3) is 3.80. The van der Waals surface area contributed by atoms with Crippen molar-refractivity contribution in [2.45, 2.75) is 38.8 Å². The first-order valence-electron chi connectivity index (χ1n) is 11.8. The van der Waals surface area contributed by atoms with Crippen LogP contribution in [0, 0.1) is 13.8 Å². The molecular weight excluding hydrogens is 440 g/mol. The zero-order chi connectivity index (χ0) is 24.1. The average Bonchev–Trinajstić information content (AvgIpc) is 3.28. The maximum atomic E-state index is 13.6. The van der Waals surface area contributed by atoms with E-state index in [1.165, 1.54) is 0 Å². The predicted molar refractivity (Wildman–Crippen MR) is 133 cm³/mol. The number of hydrogen-bond donors (Lipinski definition) is 1. The van der Waals surface area contributed by atoms with E-state index in [-0.39, 0.29) is 11.9 Å². The Labute approximate surface area is 202 Å². The summed E-state index contributed by atoms with van der Waals surface area (Å²) in [6.45, 7) is 3.82. The van der Waals surface area contributed by atoms with Gasteiger partial charge in [0.15, 0.2) is 0 Å². The number of aryl methyl sites for hydroxylation is 3. The van der Waals surface area contributed by atoms with E-state index >= 15 is 0 Å². The minimum absolute atomic E-state index is 0.0175. The Morgan fingerprint density at radius 1 is 1.11 bits per heavy atom. The Bertz CT molecular complexity index is 1520. The molecule has 1 atom stereocenters. The van der Waals surface area contributed by atoms with Gasteiger partial charge in [-0.3, -0.25) is 14.5 Å². The molecule has 0 spiro atoms. The van der Waals surface area contributed by atoms with Crippen LogP contribution in [0.2, 0.25) is 0 Å². The number of nitrogens with one attached hydrogen (secondary N) is 1. The topological polar surface area (TPSA) is 90.8 Å². The van der Waals surface area contributed by atoms with E-state index in [1.54, 1.807) is 4.68 Å². The molecule has 4 heterocycles. The predicted octanol–water partition coefficient (Wildman–Crippen LogP) is 4.58. The van der Waals surface area contributed by atoms with E-state index < -0.39 is 6.04 Å². The van der Waals surface area contributed by atoms with Gasteiger partial charge in [0.2, 0.25) is 5.91 Å². The molecule has 1 fully saturated rings. The number of carbonyl (C=O) groups excluding carboxylic acids is 1. The maximum Gasteiger partial charge on any atom is 0.247 e. The molecule has 4 aromatic heterocycles. The van der Waals surface area contributed by atoms with Crippen molar-refractivity contribution in [3.8, 4) is 22.3 Å². The molecule has 1 aromatic carbocycles. The second kappa shape index (κ2) is 8.23. The fourth-order valence-electron chi connectivity index (χ4n) is 4.73. The van der Waals surface area contributed by atoms with E-state index in [0.717, 1.165) is 63.1 Å². The van der Waals surface area contributed by atoms with Crippen LogP contribution < -0.4 is 5.32 Å². The first kappa shape index (κ1) is 21.3. The van der Waals surface area contributed by atoms with Crippen molar-refractivity contribution >= 4 is 16.9 Å². The van der Waals surface area contributed by atoms with Crippen molar-refractivity contribution in [3.63, 3.8) is 0 Å². The van der Waals surface area contributed by atoms with E-state index in [1.807, 2.05) is 80.6 Å². The second-order valence-corrected chi connectivity index (χ2v) is 9.24. The molecule has 1 amide bonds. The molecule has 6 rings (SSSR count). The van der Waals surface area contributed by atoms with Gasteiger partial charge in [0.25, 0.3) is 0 Å². The lowest BCUT2D eigenvalue weighted by molar-refractivity contribution is -0.123. The largest absolute Gasteiger partial charge is 0.361 e. The van der Waals surface area contributed by atoms with Gasteiger partial charge in [-0.15, -0.1) is 0 Å². The van der Waals surface area contributed by atoms with Crippen LogP contribution in [0.3, 0.4) is 0 Å². The van der Waals surface area contributed by atoms with Gasteiger partial charge in [-0.05, 0) is 38.3 Å². The fraction of sp³-hybridized carbons (Fsp3) is 0.259. The van der Waals surface area contributed by atoms with Crippen molar-refractivity contribution in [2.24, 2.45) is 7.05 Å². The molecule has 0 aliphatic heterocycles. The van der Waals surface area contributed by atoms with Crippen LogP contribution >= 0.6 is 0 Å². The van der Waals surface area contributed by atoms with Crippen LogP contribution in [0.15, 0.2) is 65.7 Å². The van der Waals surface area contributed by atoms with Crippen molar-refractivity contribution < 1.29 is 9.32 Å². The summed E-state index contributed by atoms with van der Waals surface area (Å²) in [6.07, 6.45) is 9.71. The summed E-state index contributed by atoms with van der Waals surface area (Å²) in [7, 11) is 1.89. The van der Waals surface area contributed by atoms with Gasteiger partial charge in [-0.2, -0.15) is 5.10 Å². The third-order valence-electron chi connectivity index (χ3n) is 6.57. The number of benzene rings is 1. The van der Waals surface area contributed by atoms with Crippen LogP contribution in [-0.4, -0.2) is 36.4 Å². The van der Waals surface area contributed by atoms with Crippen LogP contribution in [0.1, 0.15) is 35.9 Å². The lowest BCUT2D eigenvalue weighted by Gasteiger charge is -2.20. The average molecular weight is 467 g/mol. The van der Waals surface area contributed by atoms with Crippen LogP contribution in [-0.2, 0) is 11.8 Å². The zero-order valence-electron chi connectivity index (χ0n) is 19.9. The SMILES string of the molecule is Cc1noc(C)c1-c1cnc2c(-c3cnn(C)c3)cn(C(C(=O)NC3CC3)c3ccccc3)c2c1. The zero-order valence-corrected chi connectivity index (χ0v) is 19.9. The van der Waals surface area contributed by atoms with Gasteiger partial charge in [-0.25, -0.2) is 0 Å². The summed E-state index contributed by atoms with van der Waals surface area (Å²) in [6, 6.07) is 11.7. The van der Waals surface area contributed by atoms with E-state index in [9.17, 15) is 4.79 Å². The quantitative estimate of drug-likeness (QED) is 0.396. The van der Waals surface area contributed by atoms with Gasteiger partial charge >= 0.3 is 0 Å². The Kier molecular flexibility index (Phi) is 5.02. The number of nitrogens with zero attached hydrogens (tertiary/aromatic N) is 5. The van der Waals surface area contributed by atoms with Gasteiger partial charge in [0.05, 0.1) is 22.9 Å². The molecule has 1 saturated carbocycles. The number of aromatic nitrogens is 5. The number of rotatable bonds is 6. The summed E-state index contributed by atoms with van der Waals surface area (Å²) < 4.78 is 9.23. The number of fused-ring (bicyclic) bond motifs is 1. The van der Waals surface area contributed by atoms with E-state index in [0.29, 0.717) is 0 Å². The van der Waals surface area contributed by atoms with Crippen molar-refractivity contribution in [1.82, 2.24) is 29.8 Å². The van der Waals surface area contributed by atoms with Gasteiger partial charge in [0, 0.05) is 53.9 Å². The summed E-state index contributed by atoms with van der Waals surface area (Å²) in [5.41, 5.74) is 7.11. The number of carbonyl (C=O) groups is 1. The van der Waals surface area contributed by atoms with Crippen molar-refractivity contribution in [1.29, 1.82) is 0 Å². The smallest absolute Gasteiger partial charge is 0.247 e. The molecule has 35 heavy (non-hydrogen) atoms. The summed E-state index contributed by atoms with van der Waals surface area (Å²) in [4.78, 5) is 18.5. The molecule has 1 N–H and O–H groups in total. The van der Waals surface area contributed by atoms with E-state index in [2.05, 4.69) is 21.6 Å². The minimum Gasteiger partial charge on any atom is -0.361 e. The Balaban J connectivity index is 1.60. The molecule has 176 valence electrons. The number of amides is 1. The normalized spacial score (nSPS) is 14.4. The lowest BCUT2D eigenvalue weighted by atomic mass is 10.0. The molecule has 8 heteroatoms. The molecule has 8 nitrogen and oxygen atoms in total. The highest BCUT2D eigenvalue weighted by Gasteiger charge is 2.31. The van der Waals surface area contributed by atoms with Gasteiger partial charge in [-0.1, -0.05) is 35.5 Å². The fourth-order valence-corrected chi connectivity index (χ4v) is 4.73. The summed E-state index contributed by atoms with van der Waals surface area (Å²) >= 11 is 0. The standard InChI is InChI=1S/C27H26N6O2/c1-16-24(17(2)35-31-16)19-11-23-25(28-12-19)22(20-13-29-32(3)14-20)15-33(23)26(18-7-5-4-6-8-18)27(34)30-21-9-10-21/h4-8,11-15,21,26H,9-10H2,1-3H3,(H,30,34). The minimum atomic E-state index is -0.536. The Morgan fingerprint density at radius 2 is 1.91 bits per heavy atom. The first-order chi connectivity index (χ1) is 17.0. The maximum absolute atomic E-state index is 13.6. The van der Waals surface area contributed by atoms with Crippen LogP contribution in [0.5, 0.6) is 0 Å². The molecule has 1 aliphatic carbocycles. The van der Waals surface area contributed by atoms with Crippen molar-refractivity contribution in [3.05, 3.63) is 78.2 Å². The highest BCUT2D eigenvalue weighted by Crippen LogP contribution is 2.37. The highest BCUT2D eigenvalue weighted by atomic mass is 16.5. The van der Waals surface area contributed by atoms with Gasteiger partial charge in [0.1, 0.15) is 11.8 Å². The molecular formula is C27H26N6O2. The molecule has 0 saturated heterocycles. The molecule has 1 aliphatic rings. The Morgan fingerprint density at radius 3 is 2.57 bits per heavy atom. The van der Waals surface area contributed by atoms with Crippen molar-refractivity contribution in [2.75, 3.05) is 0 Å². The highest BCUT2D eigenvalue weighted by molar-refractivity contribution is 5.97. The third-order valence-corrected chi connectivity index (χ3v) is 6.57. The molecule has 0 bridgehead atoms. The number of pyridine rings is 1. The lowest BCUT2D eigenvalue weighted by Crippen LogP contribution is -2.34. The van der Waals surface area contributed by atoms with Crippen LogP contribution in [0.4, 0.5) is 0 Å². The van der Waals surface area contributed by atoms with Gasteiger partial charge < -0.3 is 14.4 Å². The summed E-state index contributed by atoms with van der Waals surface area (Å²) in [5.74, 6) is 0.719. The molecule has 0 radical (unpaired) electrons. The number of hydrogen-bond acceptors (Lipinski definition) is 5. The molecule has 1 unspecified atom stereocenters. The first-order valence-corrected chi connectivity index (χ1v) is 11.8. The summed E-state index contributed by atoms with van der Waals surface area (Å²) in [5, 5.41) is 11.7. The molecule has 5 aromatic rings. The van der Waals surface area contributed by atoms with Crippen LogP contribution in [0.25, 0.3) is 33.3 Å².